The van der Waals surface area contributed by atoms with Crippen molar-refractivity contribution in [1.82, 2.24) is 9.80 Å². The number of carbonyl (C=O) groups excluding carboxylic acids is 1. The summed E-state index contributed by atoms with van der Waals surface area (Å²) in [7, 11) is 3.75. The predicted octanol–water partition coefficient (Wildman–Crippen LogP) is 5.95. The van der Waals surface area contributed by atoms with Gasteiger partial charge in [-0.1, -0.05) is 38.2 Å². The Balaban J connectivity index is 1.30. The Morgan fingerprint density at radius 1 is 0.886 bits per heavy atom. The van der Waals surface area contributed by atoms with Crippen LogP contribution in [0.15, 0.2) is 42.5 Å². The monoisotopic (exact) mass is 608 g/mol. The summed E-state index contributed by atoms with van der Waals surface area (Å²) in [6, 6.07) is 13.4. The van der Waals surface area contributed by atoms with Crippen molar-refractivity contribution in [2.45, 2.75) is 82.8 Å². The van der Waals surface area contributed by atoms with Crippen molar-refractivity contribution in [3.05, 3.63) is 53.6 Å². The van der Waals surface area contributed by atoms with Crippen LogP contribution < -0.4 is 14.2 Å². The fourth-order valence-electron chi connectivity index (χ4n) is 7.21. The summed E-state index contributed by atoms with van der Waals surface area (Å²) in [4.78, 5) is 18.4. The molecular formula is C36H52N2O6. The van der Waals surface area contributed by atoms with Crippen molar-refractivity contribution in [1.29, 1.82) is 0 Å². The molecule has 242 valence electrons. The van der Waals surface area contributed by atoms with E-state index >= 15 is 0 Å². The SMILES string of the molecule is COc1ccc(C(=O)OC2CN(C)CCCN(CCCCc3ccc4c(c3)OCO4)CC2C2CCCCCCCC2O)cc1. The van der Waals surface area contributed by atoms with E-state index in [9.17, 15) is 9.90 Å². The molecule has 2 aromatic carbocycles. The molecular weight excluding hydrogens is 556 g/mol. The first kappa shape index (κ1) is 32.6. The van der Waals surface area contributed by atoms with E-state index in [1.54, 1.807) is 31.4 Å². The van der Waals surface area contributed by atoms with Gasteiger partial charge in [0.2, 0.25) is 6.79 Å². The molecule has 0 radical (unpaired) electrons. The lowest BCUT2D eigenvalue weighted by Crippen LogP contribution is -2.47. The quantitative estimate of drug-likeness (QED) is 0.277. The molecule has 4 unspecified atom stereocenters. The number of unbranched alkanes of at least 4 members (excludes halogenated alkanes) is 1. The van der Waals surface area contributed by atoms with Crippen LogP contribution in [0, 0.1) is 11.8 Å². The van der Waals surface area contributed by atoms with Gasteiger partial charge in [-0.2, -0.15) is 0 Å². The average Bonchev–Trinajstić information content (AvgIpc) is 3.55. The summed E-state index contributed by atoms with van der Waals surface area (Å²) in [5.41, 5.74) is 1.81. The molecule has 3 aliphatic rings. The van der Waals surface area contributed by atoms with E-state index in [1.807, 2.05) is 6.07 Å². The number of esters is 1. The highest BCUT2D eigenvalue weighted by atomic mass is 16.7. The van der Waals surface area contributed by atoms with E-state index < -0.39 is 0 Å². The Labute approximate surface area is 263 Å². The van der Waals surface area contributed by atoms with E-state index in [0.29, 0.717) is 24.7 Å². The maximum atomic E-state index is 13.5. The Morgan fingerprint density at radius 2 is 1.66 bits per heavy atom. The molecule has 1 N–H and O–H groups in total. The van der Waals surface area contributed by atoms with Gasteiger partial charge < -0.3 is 33.9 Å². The summed E-state index contributed by atoms with van der Waals surface area (Å²) < 4.78 is 22.7. The van der Waals surface area contributed by atoms with Crippen LogP contribution in [0.5, 0.6) is 17.2 Å². The zero-order valence-corrected chi connectivity index (χ0v) is 26.8. The Kier molecular flexibility index (Phi) is 12.2. The number of carbonyl (C=O) groups is 1. The standard InChI is InChI=1S/C36H52N2O6/c1-37-20-10-22-38(21-9-8-11-27-14-19-33-34(23-27)43-26-42-33)24-31(30-12-6-4-3-5-7-13-32(30)39)35(25-37)44-36(40)28-15-17-29(41-2)18-16-28/h14-19,23,30-32,35,39H,3-13,20-22,24-26H2,1-2H3. The summed E-state index contributed by atoms with van der Waals surface area (Å²) in [5, 5.41) is 11.6. The molecule has 1 saturated carbocycles. The molecule has 1 aliphatic carbocycles. The number of ether oxygens (including phenoxy) is 4. The van der Waals surface area contributed by atoms with Gasteiger partial charge >= 0.3 is 5.97 Å². The van der Waals surface area contributed by atoms with Gasteiger partial charge in [0.15, 0.2) is 11.5 Å². The molecule has 0 aromatic heterocycles. The zero-order chi connectivity index (χ0) is 30.7. The Bertz CT molecular complexity index is 1170. The summed E-state index contributed by atoms with van der Waals surface area (Å²) in [5.74, 6) is 2.24. The van der Waals surface area contributed by atoms with Crippen LogP contribution in [0.3, 0.4) is 0 Å². The van der Waals surface area contributed by atoms with E-state index in [-0.39, 0.29) is 30.0 Å². The zero-order valence-electron chi connectivity index (χ0n) is 26.8. The number of aliphatic hydroxyl groups excluding tert-OH is 1. The molecule has 0 spiro atoms. The van der Waals surface area contributed by atoms with Crippen LogP contribution in [0.4, 0.5) is 0 Å². The number of benzene rings is 2. The third-order valence-electron chi connectivity index (χ3n) is 9.74. The Hall–Kier alpha value is -2.81. The maximum absolute atomic E-state index is 13.5. The van der Waals surface area contributed by atoms with Gasteiger partial charge in [-0.05, 0) is 113 Å². The first-order valence-electron chi connectivity index (χ1n) is 16.8. The number of rotatable bonds is 9. The molecule has 2 aromatic rings. The number of likely N-dealkylation sites (N-methyl/N-ethyl adjacent to an activating group) is 1. The largest absolute Gasteiger partial charge is 0.497 e. The van der Waals surface area contributed by atoms with Gasteiger partial charge in [0.1, 0.15) is 11.9 Å². The molecule has 0 bridgehead atoms. The minimum absolute atomic E-state index is 0.0553. The second-order valence-electron chi connectivity index (χ2n) is 13.0. The average molecular weight is 609 g/mol. The minimum atomic E-state index is -0.376. The molecule has 2 aliphatic heterocycles. The van der Waals surface area contributed by atoms with Crippen molar-refractivity contribution in [3.63, 3.8) is 0 Å². The number of hydrogen-bond acceptors (Lipinski definition) is 8. The van der Waals surface area contributed by atoms with Crippen LogP contribution in [0.25, 0.3) is 0 Å². The van der Waals surface area contributed by atoms with Crippen LogP contribution >= 0.6 is 0 Å². The molecule has 1 saturated heterocycles. The van der Waals surface area contributed by atoms with Crippen molar-refractivity contribution >= 4 is 5.97 Å². The molecule has 0 amide bonds. The fourth-order valence-corrected chi connectivity index (χ4v) is 7.21. The van der Waals surface area contributed by atoms with E-state index in [0.717, 1.165) is 89.0 Å². The third kappa shape index (κ3) is 9.11. The number of aryl methyl sites for hydroxylation is 1. The molecule has 5 rings (SSSR count). The van der Waals surface area contributed by atoms with Crippen LogP contribution in [0.1, 0.15) is 80.1 Å². The first-order valence-corrected chi connectivity index (χ1v) is 16.8. The van der Waals surface area contributed by atoms with Crippen molar-refractivity contribution in [2.75, 3.05) is 53.7 Å². The normalized spacial score (nSPS) is 25.5. The fraction of sp³-hybridized carbons (Fsp3) is 0.639. The highest BCUT2D eigenvalue weighted by Gasteiger charge is 2.38. The predicted molar refractivity (Wildman–Crippen MR) is 172 cm³/mol. The lowest BCUT2D eigenvalue weighted by Gasteiger charge is -2.39. The molecule has 8 heteroatoms. The highest BCUT2D eigenvalue weighted by molar-refractivity contribution is 5.89. The topological polar surface area (TPSA) is 80.7 Å². The minimum Gasteiger partial charge on any atom is -0.497 e. The van der Waals surface area contributed by atoms with Crippen LogP contribution in [-0.2, 0) is 11.2 Å². The Morgan fingerprint density at radius 3 is 2.48 bits per heavy atom. The number of hydrogen-bond donors (Lipinski definition) is 1. The number of nitrogens with zero attached hydrogens (tertiary/aromatic N) is 2. The second kappa shape index (κ2) is 16.5. The van der Waals surface area contributed by atoms with E-state index in [2.05, 4.69) is 29.0 Å². The van der Waals surface area contributed by atoms with Crippen LogP contribution in [0.2, 0.25) is 0 Å². The number of aliphatic hydroxyl groups is 1. The van der Waals surface area contributed by atoms with Gasteiger partial charge in [-0.15, -0.1) is 0 Å². The second-order valence-corrected chi connectivity index (χ2v) is 13.0. The number of fused-ring (bicyclic) bond motifs is 1. The van der Waals surface area contributed by atoms with Gasteiger partial charge in [-0.25, -0.2) is 4.79 Å². The lowest BCUT2D eigenvalue weighted by atomic mass is 9.78. The van der Waals surface area contributed by atoms with E-state index in [1.165, 1.54) is 24.8 Å². The first-order chi connectivity index (χ1) is 21.5. The summed E-state index contributed by atoms with van der Waals surface area (Å²) in [6.45, 7) is 4.76. The molecule has 2 heterocycles. The van der Waals surface area contributed by atoms with Crippen molar-refractivity contribution in [2.24, 2.45) is 11.8 Å². The highest BCUT2D eigenvalue weighted by Crippen LogP contribution is 2.35. The molecule has 4 atom stereocenters. The van der Waals surface area contributed by atoms with Gasteiger partial charge in [0.05, 0.1) is 18.8 Å². The van der Waals surface area contributed by atoms with E-state index in [4.69, 9.17) is 18.9 Å². The van der Waals surface area contributed by atoms with Gasteiger partial charge in [0.25, 0.3) is 0 Å². The summed E-state index contributed by atoms with van der Waals surface area (Å²) >= 11 is 0. The maximum Gasteiger partial charge on any atom is 0.338 e. The molecule has 8 nitrogen and oxygen atoms in total. The molecule has 2 fully saturated rings. The van der Waals surface area contributed by atoms with Crippen molar-refractivity contribution < 1.29 is 28.8 Å². The summed E-state index contributed by atoms with van der Waals surface area (Å²) in [6.07, 6.45) is 11.2. The smallest absolute Gasteiger partial charge is 0.338 e. The molecule has 44 heavy (non-hydrogen) atoms. The van der Waals surface area contributed by atoms with Crippen molar-refractivity contribution in [3.8, 4) is 17.2 Å². The van der Waals surface area contributed by atoms with Gasteiger partial charge in [0, 0.05) is 19.0 Å². The number of methoxy groups -OCH3 is 1. The lowest BCUT2D eigenvalue weighted by molar-refractivity contribution is -0.0401. The third-order valence-corrected chi connectivity index (χ3v) is 9.74. The van der Waals surface area contributed by atoms with Crippen LogP contribution in [-0.4, -0.2) is 86.8 Å². The van der Waals surface area contributed by atoms with Gasteiger partial charge in [-0.3, -0.25) is 0 Å².